The number of aromatic nitrogens is 1. The van der Waals surface area contributed by atoms with Gasteiger partial charge in [-0.05, 0) is 24.2 Å². The third kappa shape index (κ3) is 3.85. The molecule has 108 valence electrons. The van der Waals surface area contributed by atoms with Crippen LogP contribution in [0.3, 0.4) is 0 Å². The predicted molar refractivity (Wildman–Crippen MR) is 81.8 cm³/mol. The first kappa shape index (κ1) is 15.1. The Labute approximate surface area is 127 Å². The standard InChI is InChI=1S/C14H17ClN2O2S/c1-3-16-6-10-4-12(15)14(13(5-10)18-2)19-8-11-7-17-9-20-11/h4-5,7,9,16H,3,6,8H2,1-2H3. The SMILES string of the molecule is CCNCc1cc(Cl)c(OCc2cncs2)c(OC)c1. The molecule has 0 aliphatic rings. The highest BCUT2D eigenvalue weighted by Crippen LogP contribution is 2.37. The zero-order chi connectivity index (χ0) is 14.4. The van der Waals surface area contributed by atoms with Gasteiger partial charge in [-0.25, -0.2) is 0 Å². The fourth-order valence-electron chi connectivity index (χ4n) is 1.74. The highest BCUT2D eigenvalue weighted by molar-refractivity contribution is 7.09. The van der Waals surface area contributed by atoms with Gasteiger partial charge < -0.3 is 14.8 Å². The Morgan fingerprint density at radius 3 is 2.90 bits per heavy atom. The number of nitrogens with one attached hydrogen (secondary N) is 1. The van der Waals surface area contributed by atoms with Crippen molar-refractivity contribution in [3.05, 3.63) is 39.3 Å². The maximum absolute atomic E-state index is 6.29. The molecule has 0 radical (unpaired) electrons. The van der Waals surface area contributed by atoms with Crippen molar-refractivity contribution in [2.24, 2.45) is 0 Å². The monoisotopic (exact) mass is 312 g/mol. The van der Waals surface area contributed by atoms with Crippen molar-refractivity contribution in [3.63, 3.8) is 0 Å². The van der Waals surface area contributed by atoms with Crippen LogP contribution in [0.2, 0.25) is 5.02 Å². The van der Waals surface area contributed by atoms with Crippen LogP contribution in [0.15, 0.2) is 23.8 Å². The van der Waals surface area contributed by atoms with Gasteiger partial charge >= 0.3 is 0 Å². The van der Waals surface area contributed by atoms with Crippen molar-refractivity contribution >= 4 is 22.9 Å². The highest BCUT2D eigenvalue weighted by Gasteiger charge is 2.12. The van der Waals surface area contributed by atoms with Crippen LogP contribution < -0.4 is 14.8 Å². The van der Waals surface area contributed by atoms with E-state index in [1.165, 1.54) is 0 Å². The number of ether oxygens (including phenoxy) is 2. The van der Waals surface area contributed by atoms with E-state index in [9.17, 15) is 0 Å². The molecule has 1 heterocycles. The summed E-state index contributed by atoms with van der Waals surface area (Å²) in [6.07, 6.45) is 1.78. The maximum Gasteiger partial charge on any atom is 0.180 e. The molecule has 1 N–H and O–H groups in total. The smallest absolute Gasteiger partial charge is 0.180 e. The topological polar surface area (TPSA) is 43.4 Å². The molecule has 6 heteroatoms. The molecule has 0 aliphatic carbocycles. The van der Waals surface area contributed by atoms with E-state index in [0.29, 0.717) is 23.1 Å². The molecule has 0 saturated carbocycles. The molecule has 0 saturated heterocycles. The third-order valence-electron chi connectivity index (χ3n) is 2.71. The number of hydrogen-bond acceptors (Lipinski definition) is 5. The first-order chi connectivity index (χ1) is 9.74. The van der Waals surface area contributed by atoms with Crippen molar-refractivity contribution in [3.8, 4) is 11.5 Å². The molecular formula is C14H17ClN2O2S. The van der Waals surface area contributed by atoms with E-state index in [1.807, 2.05) is 12.1 Å². The quantitative estimate of drug-likeness (QED) is 0.850. The van der Waals surface area contributed by atoms with Gasteiger partial charge in [0.15, 0.2) is 11.5 Å². The second kappa shape index (κ2) is 7.47. The molecule has 2 rings (SSSR count). The van der Waals surface area contributed by atoms with Gasteiger partial charge in [-0.15, -0.1) is 11.3 Å². The minimum atomic E-state index is 0.438. The maximum atomic E-state index is 6.29. The first-order valence-corrected chi connectivity index (χ1v) is 7.57. The van der Waals surface area contributed by atoms with Gasteiger partial charge in [0, 0.05) is 12.7 Å². The summed E-state index contributed by atoms with van der Waals surface area (Å²) < 4.78 is 11.1. The molecule has 0 fully saturated rings. The van der Waals surface area contributed by atoms with Crippen LogP contribution in [0.5, 0.6) is 11.5 Å². The molecule has 0 amide bonds. The number of nitrogens with zero attached hydrogens (tertiary/aromatic N) is 1. The average molecular weight is 313 g/mol. The summed E-state index contributed by atoms with van der Waals surface area (Å²) in [4.78, 5) is 5.05. The van der Waals surface area contributed by atoms with E-state index in [4.69, 9.17) is 21.1 Å². The van der Waals surface area contributed by atoms with E-state index >= 15 is 0 Å². The summed E-state index contributed by atoms with van der Waals surface area (Å²) in [6.45, 7) is 4.16. The van der Waals surface area contributed by atoms with Crippen LogP contribution in [0.25, 0.3) is 0 Å². The fraction of sp³-hybridized carbons (Fsp3) is 0.357. The minimum absolute atomic E-state index is 0.438. The van der Waals surface area contributed by atoms with E-state index in [1.54, 1.807) is 30.2 Å². The van der Waals surface area contributed by atoms with Crippen molar-refractivity contribution in [2.45, 2.75) is 20.1 Å². The normalized spacial score (nSPS) is 10.6. The second-order valence-corrected chi connectivity index (χ2v) is 5.52. The van der Waals surface area contributed by atoms with Gasteiger partial charge in [-0.3, -0.25) is 4.98 Å². The van der Waals surface area contributed by atoms with Crippen molar-refractivity contribution in [1.29, 1.82) is 0 Å². The molecule has 0 bridgehead atoms. The van der Waals surface area contributed by atoms with Crippen LogP contribution in [0, 0.1) is 0 Å². The van der Waals surface area contributed by atoms with Crippen molar-refractivity contribution < 1.29 is 9.47 Å². The lowest BCUT2D eigenvalue weighted by molar-refractivity contribution is 0.287. The van der Waals surface area contributed by atoms with Gasteiger partial charge in [-0.2, -0.15) is 0 Å². The molecule has 0 aliphatic heterocycles. The lowest BCUT2D eigenvalue weighted by atomic mass is 10.2. The van der Waals surface area contributed by atoms with Gasteiger partial charge in [0.05, 0.1) is 22.5 Å². The molecule has 4 nitrogen and oxygen atoms in total. The number of halogens is 1. The minimum Gasteiger partial charge on any atom is -0.493 e. The Morgan fingerprint density at radius 1 is 1.40 bits per heavy atom. The van der Waals surface area contributed by atoms with E-state index < -0.39 is 0 Å². The van der Waals surface area contributed by atoms with Crippen LogP contribution >= 0.6 is 22.9 Å². The Kier molecular flexibility index (Phi) is 5.64. The summed E-state index contributed by atoms with van der Waals surface area (Å²) in [5.74, 6) is 1.22. The number of thiazole rings is 1. The summed E-state index contributed by atoms with van der Waals surface area (Å²) in [6, 6.07) is 3.84. The van der Waals surface area contributed by atoms with Crippen molar-refractivity contribution in [1.82, 2.24) is 10.3 Å². The van der Waals surface area contributed by atoms with Crippen LogP contribution in [-0.4, -0.2) is 18.6 Å². The fourth-order valence-corrected chi connectivity index (χ4v) is 2.54. The third-order valence-corrected chi connectivity index (χ3v) is 3.74. The van der Waals surface area contributed by atoms with Gasteiger partial charge in [0.25, 0.3) is 0 Å². The van der Waals surface area contributed by atoms with Crippen molar-refractivity contribution in [2.75, 3.05) is 13.7 Å². The molecule has 1 aromatic heterocycles. The lowest BCUT2D eigenvalue weighted by Gasteiger charge is -2.14. The summed E-state index contributed by atoms with van der Waals surface area (Å²) in [5.41, 5.74) is 2.84. The Morgan fingerprint density at radius 2 is 2.25 bits per heavy atom. The van der Waals surface area contributed by atoms with Gasteiger partial charge in [0.2, 0.25) is 0 Å². The van der Waals surface area contributed by atoms with Crippen LogP contribution in [0.4, 0.5) is 0 Å². The first-order valence-electron chi connectivity index (χ1n) is 6.32. The molecule has 1 aromatic carbocycles. The lowest BCUT2D eigenvalue weighted by Crippen LogP contribution is -2.12. The molecule has 2 aromatic rings. The Balaban J connectivity index is 2.14. The molecular weight excluding hydrogens is 296 g/mol. The summed E-state index contributed by atoms with van der Waals surface area (Å²) in [5, 5.41) is 3.81. The molecule has 0 spiro atoms. The number of methoxy groups -OCH3 is 1. The summed E-state index contributed by atoms with van der Waals surface area (Å²) >= 11 is 7.83. The molecule has 0 atom stereocenters. The Bertz CT molecular complexity index is 546. The number of benzene rings is 1. The zero-order valence-corrected chi connectivity index (χ0v) is 13.1. The molecule has 0 unspecified atom stereocenters. The highest BCUT2D eigenvalue weighted by atomic mass is 35.5. The summed E-state index contributed by atoms with van der Waals surface area (Å²) in [7, 11) is 1.61. The predicted octanol–water partition coefficient (Wildman–Crippen LogP) is 3.49. The van der Waals surface area contributed by atoms with Gasteiger partial charge in [0.1, 0.15) is 6.61 Å². The van der Waals surface area contributed by atoms with Crippen LogP contribution in [-0.2, 0) is 13.2 Å². The second-order valence-electron chi connectivity index (χ2n) is 4.15. The average Bonchev–Trinajstić information content (AvgIpc) is 2.96. The Hall–Kier alpha value is -1.30. The van der Waals surface area contributed by atoms with Crippen LogP contribution in [0.1, 0.15) is 17.4 Å². The van der Waals surface area contributed by atoms with E-state index in [0.717, 1.165) is 23.5 Å². The van der Waals surface area contributed by atoms with Gasteiger partial charge in [-0.1, -0.05) is 18.5 Å². The molecule has 20 heavy (non-hydrogen) atoms. The van der Waals surface area contributed by atoms with E-state index in [2.05, 4.69) is 17.2 Å². The number of rotatable bonds is 7. The van der Waals surface area contributed by atoms with E-state index in [-0.39, 0.29) is 0 Å². The zero-order valence-electron chi connectivity index (χ0n) is 11.5. The largest absolute Gasteiger partial charge is 0.493 e. The number of hydrogen-bond donors (Lipinski definition) is 1.